The molecule has 4 rings (SSSR count). The van der Waals surface area contributed by atoms with Crippen molar-refractivity contribution in [2.24, 2.45) is 0 Å². The van der Waals surface area contributed by atoms with Crippen molar-refractivity contribution in [2.75, 3.05) is 6.54 Å². The highest BCUT2D eigenvalue weighted by molar-refractivity contribution is 6.40. The Morgan fingerprint density at radius 2 is 1.72 bits per heavy atom. The molecule has 0 bridgehead atoms. The molecule has 1 N–H and O–H groups in total. The minimum absolute atomic E-state index is 0.0590. The van der Waals surface area contributed by atoms with Crippen LogP contribution in [0.25, 0.3) is 0 Å². The first-order chi connectivity index (χ1) is 15.3. The molecular weight excluding hydrogens is 460 g/mol. The second-order valence-electron chi connectivity index (χ2n) is 8.53. The molecule has 32 heavy (non-hydrogen) atoms. The summed E-state index contributed by atoms with van der Waals surface area (Å²) < 4.78 is 40.1. The van der Waals surface area contributed by atoms with Crippen LogP contribution in [0.5, 0.6) is 0 Å². The number of alkyl halides is 3. The van der Waals surface area contributed by atoms with Crippen LogP contribution in [0.15, 0.2) is 42.5 Å². The minimum Gasteiger partial charge on any atom is -0.344 e. The van der Waals surface area contributed by atoms with Gasteiger partial charge in [0, 0.05) is 12.1 Å². The molecule has 2 fully saturated rings. The molecule has 0 saturated carbocycles. The van der Waals surface area contributed by atoms with Gasteiger partial charge in [-0.1, -0.05) is 66.4 Å². The maximum atomic E-state index is 13.4. The van der Waals surface area contributed by atoms with Gasteiger partial charge in [0.25, 0.3) is 5.91 Å². The lowest BCUT2D eigenvalue weighted by Gasteiger charge is -2.48. The summed E-state index contributed by atoms with van der Waals surface area (Å²) in [5, 5.41) is 2.22. The Hall–Kier alpha value is -1.76. The number of carbonyl (C=O) groups excluding carboxylic acids is 1. The molecule has 0 aliphatic carbocycles. The highest BCUT2D eigenvalue weighted by Gasteiger charge is 2.39. The first-order valence-electron chi connectivity index (χ1n) is 10.9. The molecular formula is C24H25Cl2F3N2O. The number of amides is 1. The molecule has 0 radical (unpaired) electrons. The lowest BCUT2D eigenvalue weighted by molar-refractivity contribution is -0.137. The Kier molecular flexibility index (Phi) is 7.03. The highest BCUT2D eigenvalue weighted by Crippen LogP contribution is 2.40. The quantitative estimate of drug-likeness (QED) is 0.512. The van der Waals surface area contributed by atoms with E-state index in [1.165, 1.54) is 6.42 Å². The van der Waals surface area contributed by atoms with Crippen molar-refractivity contribution >= 4 is 29.1 Å². The molecule has 172 valence electrons. The second kappa shape index (κ2) is 9.62. The molecule has 2 aliphatic heterocycles. The summed E-state index contributed by atoms with van der Waals surface area (Å²) in [5.74, 6) is -0.695. The van der Waals surface area contributed by atoms with Crippen LogP contribution >= 0.6 is 23.2 Å². The van der Waals surface area contributed by atoms with Crippen molar-refractivity contribution in [2.45, 2.75) is 62.8 Å². The summed E-state index contributed by atoms with van der Waals surface area (Å²) >= 11 is 12.2. The van der Waals surface area contributed by atoms with Crippen LogP contribution < -0.4 is 5.32 Å². The van der Waals surface area contributed by atoms with Crippen LogP contribution in [0.1, 0.15) is 66.1 Å². The molecule has 3 unspecified atom stereocenters. The topological polar surface area (TPSA) is 32.3 Å². The Bertz CT molecular complexity index is 966. The summed E-state index contributed by atoms with van der Waals surface area (Å²) in [6.45, 7) is 0.958. The van der Waals surface area contributed by atoms with Crippen molar-refractivity contribution in [1.29, 1.82) is 0 Å². The van der Waals surface area contributed by atoms with Crippen LogP contribution in [-0.2, 0) is 6.18 Å². The maximum absolute atomic E-state index is 13.4. The number of rotatable bonds is 4. The first-order valence-corrected chi connectivity index (χ1v) is 11.7. The Labute approximate surface area is 195 Å². The molecule has 2 aromatic carbocycles. The highest BCUT2D eigenvalue weighted by atomic mass is 35.5. The van der Waals surface area contributed by atoms with Crippen LogP contribution in [0, 0.1) is 0 Å². The third-order valence-electron chi connectivity index (χ3n) is 6.59. The lowest BCUT2D eigenvalue weighted by Crippen LogP contribution is -2.54. The van der Waals surface area contributed by atoms with Crippen LogP contribution in [-0.4, -0.2) is 29.4 Å². The normalized spacial score (nSPS) is 22.8. The van der Waals surface area contributed by atoms with E-state index in [2.05, 4.69) is 10.2 Å². The number of halogens is 5. The van der Waals surface area contributed by atoms with Gasteiger partial charge in [-0.25, -0.2) is 0 Å². The van der Waals surface area contributed by atoms with Crippen molar-refractivity contribution in [3.05, 3.63) is 69.2 Å². The summed E-state index contributed by atoms with van der Waals surface area (Å²) in [7, 11) is 0. The first kappa shape index (κ1) is 23.4. The monoisotopic (exact) mass is 484 g/mol. The van der Waals surface area contributed by atoms with E-state index in [-0.39, 0.29) is 22.7 Å². The summed E-state index contributed by atoms with van der Waals surface area (Å²) in [4.78, 5) is 15.8. The van der Waals surface area contributed by atoms with E-state index in [0.29, 0.717) is 6.04 Å². The van der Waals surface area contributed by atoms with Gasteiger partial charge in [0.1, 0.15) is 0 Å². The fraction of sp³-hybridized carbons (Fsp3) is 0.458. The van der Waals surface area contributed by atoms with Crippen molar-refractivity contribution in [3.8, 4) is 0 Å². The number of fused-ring (bicyclic) bond motifs is 1. The zero-order valence-electron chi connectivity index (χ0n) is 17.5. The SMILES string of the molecule is O=C(NC(c1ccccc1)C1CCCC2CCCCN21)c1c(Cl)ccc(C(F)(F)F)c1Cl. The van der Waals surface area contributed by atoms with Crippen LogP contribution in [0.4, 0.5) is 13.2 Å². The Morgan fingerprint density at radius 3 is 2.44 bits per heavy atom. The molecule has 2 aromatic rings. The number of carbonyl (C=O) groups is 1. The number of nitrogens with one attached hydrogen (secondary N) is 1. The number of hydrogen-bond acceptors (Lipinski definition) is 2. The van der Waals surface area contributed by atoms with Gasteiger partial charge >= 0.3 is 6.18 Å². The van der Waals surface area contributed by atoms with E-state index in [4.69, 9.17) is 23.2 Å². The summed E-state index contributed by atoms with van der Waals surface area (Å²) in [5.41, 5.74) is -0.495. The molecule has 0 aromatic heterocycles. The Morgan fingerprint density at radius 1 is 1.00 bits per heavy atom. The maximum Gasteiger partial charge on any atom is 0.417 e. The van der Waals surface area contributed by atoms with E-state index in [1.807, 2.05) is 30.3 Å². The smallest absolute Gasteiger partial charge is 0.344 e. The third-order valence-corrected chi connectivity index (χ3v) is 7.30. The van der Waals surface area contributed by atoms with Crippen LogP contribution in [0.2, 0.25) is 10.0 Å². The molecule has 2 aliphatic rings. The predicted octanol–water partition coefficient (Wildman–Crippen LogP) is 6.89. The number of benzene rings is 2. The zero-order chi connectivity index (χ0) is 22.9. The zero-order valence-corrected chi connectivity index (χ0v) is 19.0. The number of nitrogens with zero attached hydrogens (tertiary/aromatic N) is 1. The Balaban J connectivity index is 1.69. The molecule has 0 spiro atoms. The van der Waals surface area contributed by atoms with Crippen LogP contribution in [0.3, 0.4) is 0 Å². The molecule has 3 atom stereocenters. The predicted molar refractivity (Wildman–Crippen MR) is 120 cm³/mol. The standard InChI is InChI=1S/C24H25Cl2F3N2O/c25-18-13-12-17(24(27,28)29)21(26)20(18)23(32)30-22(15-7-2-1-3-8-15)19-11-6-10-16-9-4-5-14-31(16)19/h1-3,7-8,12-13,16,19,22H,4-6,9-11,14H2,(H,30,32). The van der Waals surface area contributed by atoms with Gasteiger partial charge in [0.15, 0.2) is 0 Å². The fourth-order valence-electron chi connectivity index (χ4n) is 5.11. The van der Waals surface area contributed by atoms with Crippen molar-refractivity contribution in [3.63, 3.8) is 0 Å². The van der Waals surface area contributed by atoms with Gasteiger partial charge < -0.3 is 5.32 Å². The van der Waals surface area contributed by atoms with E-state index < -0.39 is 22.7 Å². The average Bonchev–Trinajstić information content (AvgIpc) is 2.77. The minimum atomic E-state index is -4.68. The molecule has 2 heterocycles. The van der Waals surface area contributed by atoms with Gasteiger partial charge in [-0.05, 0) is 49.9 Å². The van der Waals surface area contributed by atoms with E-state index >= 15 is 0 Å². The second-order valence-corrected chi connectivity index (χ2v) is 9.31. The average molecular weight is 485 g/mol. The van der Waals surface area contributed by atoms with Gasteiger partial charge in [0.2, 0.25) is 0 Å². The third kappa shape index (κ3) is 4.78. The van der Waals surface area contributed by atoms with Gasteiger partial charge in [-0.15, -0.1) is 0 Å². The molecule has 1 amide bonds. The van der Waals surface area contributed by atoms with E-state index in [9.17, 15) is 18.0 Å². The van der Waals surface area contributed by atoms with Gasteiger partial charge in [0.05, 0.1) is 27.2 Å². The molecule has 8 heteroatoms. The summed E-state index contributed by atoms with van der Waals surface area (Å²) in [6.07, 6.45) is 1.85. The molecule has 2 saturated heterocycles. The largest absolute Gasteiger partial charge is 0.417 e. The number of hydrogen-bond donors (Lipinski definition) is 1. The number of piperidine rings is 2. The summed E-state index contributed by atoms with van der Waals surface area (Å²) in [6, 6.07) is 11.6. The van der Waals surface area contributed by atoms with E-state index in [1.54, 1.807) is 0 Å². The van der Waals surface area contributed by atoms with Crippen molar-refractivity contribution in [1.82, 2.24) is 10.2 Å². The molecule has 3 nitrogen and oxygen atoms in total. The van der Waals surface area contributed by atoms with Crippen molar-refractivity contribution < 1.29 is 18.0 Å². The van der Waals surface area contributed by atoms with E-state index in [0.717, 1.165) is 56.3 Å². The lowest BCUT2D eigenvalue weighted by atomic mass is 9.84. The fourth-order valence-corrected chi connectivity index (χ4v) is 5.76. The van der Waals surface area contributed by atoms with Gasteiger partial charge in [-0.3, -0.25) is 9.69 Å². The van der Waals surface area contributed by atoms with Gasteiger partial charge in [-0.2, -0.15) is 13.2 Å².